The highest BCUT2D eigenvalue weighted by molar-refractivity contribution is 14.1. The molecule has 3 unspecified atom stereocenters. The maximum absolute atomic E-state index is 7.29. The fraction of sp³-hybridized carbons (Fsp3) is 0.423. The maximum atomic E-state index is 7.29. The van der Waals surface area contributed by atoms with E-state index in [1.807, 2.05) is 122 Å². The SMILES string of the molecule is CO[C@H]1O[C@@H]2COC(c3ccccc3)O[C@H]2[C@H](OC(O[C@@H]2[C@@H](OCc3ccccc3)[C@H](OCc3ccccc3)[C@@H](COCc3ccccc3)O[C@H]2SC)C(C)I)[C@@H]1OCc1ccccc1. The van der Waals surface area contributed by atoms with Crippen molar-refractivity contribution >= 4 is 34.4 Å². The smallest absolute Gasteiger partial charge is 0.186 e. The van der Waals surface area contributed by atoms with E-state index in [1.165, 1.54) is 0 Å². The highest BCUT2D eigenvalue weighted by atomic mass is 127. The number of fused-ring (bicyclic) bond motifs is 1. The minimum absolute atomic E-state index is 0.178. The number of ether oxygens (including phenoxy) is 11. The van der Waals surface area contributed by atoms with Crippen molar-refractivity contribution in [1.82, 2.24) is 0 Å². The number of halogens is 1. The zero-order chi connectivity index (χ0) is 44.8. The van der Waals surface area contributed by atoms with Crippen LogP contribution in [0.15, 0.2) is 152 Å². The Balaban J connectivity index is 1.11. The Labute approximate surface area is 400 Å². The molecular weight excluding hydrogens is 960 g/mol. The second-order valence-electron chi connectivity index (χ2n) is 16.3. The van der Waals surface area contributed by atoms with E-state index in [0.717, 1.165) is 27.8 Å². The molecule has 0 N–H and O–H groups in total. The average molecular weight is 1020 g/mol. The molecule has 5 aromatic carbocycles. The van der Waals surface area contributed by atoms with Gasteiger partial charge in [-0.3, -0.25) is 0 Å². The van der Waals surface area contributed by atoms with Gasteiger partial charge in [-0.2, -0.15) is 0 Å². The van der Waals surface area contributed by atoms with Crippen LogP contribution in [0, 0.1) is 0 Å². The largest absolute Gasteiger partial charge is 0.374 e. The third-order valence-corrected chi connectivity index (χ3v) is 13.0. The van der Waals surface area contributed by atoms with Crippen LogP contribution >= 0.6 is 34.4 Å². The van der Waals surface area contributed by atoms with Gasteiger partial charge in [0.15, 0.2) is 18.9 Å². The van der Waals surface area contributed by atoms with Gasteiger partial charge in [0.2, 0.25) is 0 Å². The zero-order valence-electron chi connectivity index (χ0n) is 37.0. The fourth-order valence-corrected chi connectivity index (χ4v) is 9.39. The molecule has 0 radical (unpaired) electrons. The van der Waals surface area contributed by atoms with Crippen molar-refractivity contribution < 1.29 is 52.1 Å². The number of methoxy groups -OCH3 is 1. The average Bonchev–Trinajstić information content (AvgIpc) is 3.36. The molecule has 5 aromatic rings. The third kappa shape index (κ3) is 13.0. The lowest BCUT2D eigenvalue weighted by Crippen LogP contribution is -2.65. The molecule has 346 valence electrons. The quantitative estimate of drug-likeness (QED) is 0.0398. The molecule has 3 fully saturated rings. The Hall–Kier alpha value is -3.26. The van der Waals surface area contributed by atoms with Gasteiger partial charge >= 0.3 is 0 Å². The number of thioether (sulfide) groups is 1. The summed E-state index contributed by atoms with van der Waals surface area (Å²) >= 11 is 3.92. The first-order valence-electron chi connectivity index (χ1n) is 22.2. The summed E-state index contributed by atoms with van der Waals surface area (Å²) in [5, 5.41) is 0. The molecule has 11 nitrogen and oxygen atoms in total. The molecule has 3 aliphatic rings. The summed E-state index contributed by atoms with van der Waals surface area (Å²) in [7, 11) is 1.61. The Morgan fingerprint density at radius 2 is 1.08 bits per heavy atom. The van der Waals surface area contributed by atoms with Crippen LogP contribution in [0.5, 0.6) is 0 Å². The van der Waals surface area contributed by atoms with Crippen LogP contribution in [0.2, 0.25) is 0 Å². The lowest BCUT2D eigenvalue weighted by Gasteiger charge is -2.50. The van der Waals surface area contributed by atoms with Gasteiger partial charge in [-0.1, -0.05) is 174 Å². The fourth-order valence-electron chi connectivity index (χ4n) is 8.31. The lowest BCUT2D eigenvalue weighted by atomic mass is 9.97. The van der Waals surface area contributed by atoms with E-state index >= 15 is 0 Å². The highest BCUT2D eigenvalue weighted by Gasteiger charge is 2.54. The van der Waals surface area contributed by atoms with E-state index in [0.29, 0.717) is 26.4 Å². The lowest BCUT2D eigenvalue weighted by molar-refractivity contribution is -0.384. The molecule has 0 spiro atoms. The van der Waals surface area contributed by atoms with Gasteiger partial charge in [0.05, 0.1) is 43.6 Å². The summed E-state index contributed by atoms with van der Waals surface area (Å²) in [4.78, 5) is 0. The van der Waals surface area contributed by atoms with Crippen molar-refractivity contribution in [3.63, 3.8) is 0 Å². The van der Waals surface area contributed by atoms with Crippen LogP contribution in [0.25, 0.3) is 0 Å². The Kier molecular flexibility index (Phi) is 18.3. The predicted molar refractivity (Wildman–Crippen MR) is 256 cm³/mol. The first kappa shape index (κ1) is 48.2. The van der Waals surface area contributed by atoms with Crippen LogP contribution in [0.1, 0.15) is 41.0 Å². The molecule has 0 amide bonds. The molecule has 3 aliphatic heterocycles. The second-order valence-corrected chi connectivity index (χ2v) is 19.2. The maximum Gasteiger partial charge on any atom is 0.186 e. The molecule has 0 bridgehead atoms. The van der Waals surface area contributed by atoms with E-state index in [4.69, 9.17) is 52.1 Å². The zero-order valence-corrected chi connectivity index (χ0v) is 39.9. The van der Waals surface area contributed by atoms with Crippen molar-refractivity contribution in [1.29, 1.82) is 0 Å². The van der Waals surface area contributed by atoms with E-state index < -0.39 is 73.1 Å². The number of rotatable bonds is 21. The third-order valence-electron chi connectivity index (χ3n) is 11.6. The van der Waals surface area contributed by atoms with Crippen LogP contribution < -0.4 is 0 Å². The number of hydrogen-bond donors (Lipinski definition) is 0. The molecule has 13 atom stereocenters. The molecule has 3 saturated heterocycles. The molecule has 65 heavy (non-hydrogen) atoms. The first-order chi connectivity index (χ1) is 32.0. The predicted octanol–water partition coefficient (Wildman–Crippen LogP) is 9.45. The van der Waals surface area contributed by atoms with E-state index in [-0.39, 0.29) is 17.1 Å². The molecule has 3 heterocycles. The topological polar surface area (TPSA) is 102 Å². The molecule has 0 aromatic heterocycles. The molecule has 8 rings (SSSR count). The first-order valence-corrected chi connectivity index (χ1v) is 24.7. The van der Waals surface area contributed by atoms with Gasteiger partial charge in [0.25, 0.3) is 0 Å². The van der Waals surface area contributed by atoms with Crippen LogP contribution in [-0.2, 0) is 78.5 Å². The van der Waals surface area contributed by atoms with Gasteiger partial charge in [0, 0.05) is 12.7 Å². The minimum atomic E-state index is -0.812. The normalized spacial score (nSPS) is 28.8. The second kappa shape index (κ2) is 24.7. The van der Waals surface area contributed by atoms with E-state index in [1.54, 1.807) is 18.9 Å². The van der Waals surface area contributed by atoms with Crippen molar-refractivity contribution in [2.24, 2.45) is 0 Å². The minimum Gasteiger partial charge on any atom is -0.374 e. The summed E-state index contributed by atoms with van der Waals surface area (Å²) in [6.45, 7) is 3.98. The Morgan fingerprint density at radius 1 is 0.585 bits per heavy atom. The van der Waals surface area contributed by atoms with E-state index in [2.05, 4.69) is 65.9 Å². The molecule has 13 heteroatoms. The van der Waals surface area contributed by atoms with Crippen LogP contribution in [0.4, 0.5) is 0 Å². The number of benzene rings is 5. The monoisotopic (exact) mass is 1020 g/mol. The molecule has 0 aliphatic carbocycles. The van der Waals surface area contributed by atoms with E-state index in [9.17, 15) is 0 Å². The van der Waals surface area contributed by atoms with Gasteiger partial charge in [-0.25, -0.2) is 0 Å². The summed E-state index contributed by atoms with van der Waals surface area (Å²) in [5.74, 6) is 0. The summed E-state index contributed by atoms with van der Waals surface area (Å²) < 4.78 is 74.0. The van der Waals surface area contributed by atoms with Gasteiger partial charge < -0.3 is 52.1 Å². The van der Waals surface area contributed by atoms with Gasteiger partial charge in [-0.05, 0) is 35.4 Å². The Morgan fingerprint density at radius 3 is 1.60 bits per heavy atom. The van der Waals surface area contributed by atoms with Crippen molar-refractivity contribution in [2.45, 2.75) is 110 Å². The van der Waals surface area contributed by atoms with Gasteiger partial charge in [0.1, 0.15) is 54.3 Å². The van der Waals surface area contributed by atoms with Crippen LogP contribution in [-0.4, -0.2) is 97.4 Å². The van der Waals surface area contributed by atoms with Crippen molar-refractivity contribution in [3.05, 3.63) is 179 Å². The van der Waals surface area contributed by atoms with Crippen molar-refractivity contribution in [3.8, 4) is 0 Å². The molecule has 0 saturated carbocycles. The highest BCUT2D eigenvalue weighted by Crippen LogP contribution is 2.40. The van der Waals surface area contributed by atoms with Crippen molar-refractivity contribution in [2.75, 3.05) is 26.6 Å². The van der Waals surface area contributed by atoms with Gasteiger partial charge in [-0.15, -0.1) is 11.8 Å². The molecular formula is C52H59IO11S. The number of alkyl halides is 1. The Bertz CT molecular complexity index is 2090. The number of hydrogen-bond acceptors (Lipinski definition) is 12. The summed E-state index contributed by atoms with van der Waals surface area (Å²) in [6.07, 6.45) is -5.14. The summed E-state index contributed by atoms with van der Waals surface area (Å²) in [5.41, 5.74) is 4.52. The van der Waals surface area contributed by atoms with Crippen LogP contribution in [0.3, 0.4) is 0 Å². The standard InChI is InChI=1S/C52H59IO11S/c1-35(53)49(63-46-44-42(34-59-50(62-44)40-27-17-8-18-28-40)60-51(54-2)47(46)58-32-39-25-15-7-16-26-39)64-48-45(57-31-38-23-13-6-14-24-38)43(56-30-37-21-11-5-12-22-37)41(61-52(48)65-3)33-55-29-36-19-9-4-10-20-36/h4-28,35,41-52H,29-34H2,1-3H3/t35?,41-,42-,43-,44-,45+,46+,47+,48-,49?,50?,51+,52+/m1/s1. The summed E-state index contributed by atoms with van der Waals surface area (Å²) in [6, 6.07) is 50.3.